The van der Waals surface area contributed by atoms with Crippen molar-refractivity contribution in [1.29, 1.82) is 0 Å². The molecule has 0 fully saturated rings. The van der Waals surface area contributed by atoms with E-state index in [1.165, 1.54) is 25.7 Å². The van der Waals surface area contributed by atoms with Crippen LogP contribution in [0.3, 0.4) is 0 Å². The molecule has 0 heterocycles. The predicted octanol–water partition coefficient (Wildman–Crippen LogP) is 4.25. The van der Waals surface area contributed by atoms with E-state index >= 15 is 0 Å². The molecule has 0 aromatic heterocycles. The Morgan fingerprint density at radius 1 is 1.41 bits per heavy atom. The highest BCUT2D eigenvalue weighted by molar-refractivity contribution is 5.88. The molecule has 1 aliphatic rings. The number of carbonyl (C=O) groups is 1. The number of allylic oxidation sites excluding steroid dienone is 1. The van der Waals surface area contributed by atoms with E-state index in [4.69, 9.17) is 4.74 Å². The van der Waals surface area contributed by atoms with Gasteiger partial charge in [0.05, 0.1) is 6.61 Å². The van der Waals surface area contributed by atoms with E-state index in [1.54, 1.807) is 0 Å². The third-order valence-corrected chi connectivity index (χ3v) is 3.76. The maximum absolute atomic E-state index is 11.6. The summed E-state index contributed by atoms with van der Waals surface area (Å²) < 4.78 is 5.04. The molecule has 1 aliphatic carbocycles. The molecule has 0 spiro atoms. The number of esters is 1. The lowest BCUT2D eigenvalue weighted by atomic mass is 9.73. The summed E-state index contributed by atoms with van der Waals surface area (Å²) >= 11 is 0. The molecular weight excluding hydrogens is 212 g/mol. The van der Waals surface area contributed by atoms with Crippen LogP contribution in [0.2, 0.25) is 0 Å². The number of carbonyl (C=O) groups excluding carboxylic acids is 1. The topological polar surface area (TPSA) is 26.3 Å². The van der Waals surface area contributed by atoms with Crippen molar-refractivity contribution in [3.63, 3.8) is 0 Å². The fourth-order valence-electron chi connectivity index (χ4n) is 2.45. The quantitative estimate of drug-likeness (QED) is 0.511. The Labute approximate surface area is 105 Å². The van der Waals surface area contributed by atoms with Crippen LogP contribution in [0.5, 0.6) is 0 Å². The smallest absolute Gasteiger partial charge is 0.333 e. The van der Waals surface area contributed by atoms with E-state index in [9.17, 15) is 4.79 Å². The van der Waals surface area contributed by atoms with Crippen LogP contribution < -0.4 is 0 Å². The highest BCUT2D eigenvalue weighted by Gasteiger charge is 2.28. The van der Waals surface area contributed by atoms with Crippen LogP contribution in [-0.2, 0) is 9.53 Å². The summed E-state index contributed by atoms with van der Waals surface area (Å²) in [4.78, 5) is 11.6. The Morgan fingerprint density at radius 3 is 2.71 bits per heavy atom. The predicted molar refractivity (Wildman–Crippen MR) is 70.8 cm³/mol. The van der Waals surface area contributed by atoms with Crippen LogP contribution in [0, 0.1) is 5.41 Å². The summed E-state index contributed by atoms with van der Waals surface area (Å²) in [5, 5.41) is 0. The van der Waals surface area contributed by atoms with Crippen LogP contribution in [0.15, 0.2) is 11.6 Å². The summed E-state index contributed by atoms with van der Waals surface area (Å²) in [7, 11) is 0. The Bertz CT molecular complexity index is 281. The molecule has 0 aromatic rings. The maximum Gasteiger partial charge on any atom is 0.333 e. The van der Waals surface area contributed by atoms with Crippen molar-refractivity contribution < 1.29 is 9.53 Å². The molecule has 2 heteroatoms. The van der Waals surface area contributed by atoms with E-state index in [0.717, 1.165) is 24.8 Å². The summed E-state index contributed by atoms with van der Waals surface area (Å²) in [6, 6.07) is 0. The molecule has 2 nitrogen and oxygen atoms in total. The van der Waals surface area contributed by atoms with Crippen LogP contribution in [-0.4, -0.2) is 12.6 Å². The van der Waals surface area contributed by atoms with Gasteiger partial charge in [-0.3, -0.25) is 0 Å². The first-order valence-corrected chi connectivity index (χ1v) is 6.97. The molecule has 17 heavy (non-hydrogen) atoms. The average Bonchev–Trinajstić information content (AvgIpc) is 2.30. The highest BCUT2D eigenvalue weighted by atomic mass is 16.5. The van der Waals surface area contributed by atoms with Crippen molar-refractivity contribution in [3.05, 3.63) is 11.6 Å². The lowest BCUT2D eigenvalue weighted by molar-refractivity contribution is -0.138. The third kappa shape index (κ3) is 4.53. The Balaban J connectivity index is 2.44. The van der Waals surface area contributed by atoms with Gasteiger partial charge in [-0.25, -0.2) is 4.79 Å². The van der Waals surface area contributed by atoms with Gasteiger partial charge in [-0.2, -0.15) is 0 Å². The van der Waals surface area contributed by atoms with E-state index < -0.39 is 0 Å². The number of unbranched alkanes of at least 4 members (excludes halogenated alkanes) is 2. The van der Waals surface area contributed by atoms with Crippen molar-refractivity contribution in [2.24, 2.45) is 5.41 Å². The second kappa shape index (κ2) is 6.83. The van der Waals surface area contributed by atoms with Crippen molar-refractivity contribution in [2.75, 3.05) is 6.61 Å². The SMILES string of the molecule is CCCCCC1(C)CC=C(C(=O)OCC)CC1. The molecule has 0 saturated heterocycles. The van der Waals surface area contributed by atoms with Crippen LogP contribution in [0.25, 0.3) is 0 Å². The van der Waals surface area contributed by atoms with E-state index in [0.29, 0.717) is 12.0 Å². The number of hydrogen-bond donors (Lipinski definition) is 0. The fraction of sp³-hybridized carbons (Fsp3) is 0.800. The molecule has 1 unspecified atom stereocenters. The number of hydrogen-bond acceptors (Lipinski definition) is 2. The molecular formula is C15H26O2. The van der Waals surface area contributed by atoms with E-state index in [-0.39, 0.29) is 5.97 Å². The monoisotopic (exact) mass is 238 g/mol. The van der Waals surface area contributed by atoms with Crippen molar-refractivity contribution in [3.8, 4) is 0 Å². The summed E-state index contributed by atoms with van der Waals surface area (Å²) in [5.74, 6) is -0.108. The largest absolute Gasteiger partial charge is 0.463 e. The molecule has 98 valence electrons. The molecule has 0 bridgehead atoms. The second-order valence-electron chi connectivity index (χ2n) is 5.42. The fourth-order valence-corrected chi connectivity index (χ4v) is 2.45. The van der Waals surface area contributed by atoms with Gasteiger partial charge in [0.2, 0.25) is 0 Å². The zero-order valence-electron chi connectivity index (χ0n) is 11.6. The minimum absolute atomic E-state index is 0.108. The van der Waals surface area contributed by atoms with E-state index in [1.807, 2.05) is 6.92 Å². The zero-order valence-corrected chi connectivity index (χ0v) is 11.6. The molecule has 0 aliphatic heterocycles. The molecule has 1 atom stereocenters. The molecule has 0 N–H and O–H groups in total. The Hall–Kier alpha value is -0.790. The minimum atomic E-state index is -0.108. The third-order valence-electron chi connectivity index (χ3n) is 3.76. The molecule has 0 radical (unpaired) electrons. The van der Waals surface area contributed by atoms with Crippen molar-refractivity contribution in [1.82, 2.24) is 0 Å². The van der Waals surface area contributed by atoms with Gasteiger partial charge in [0.25, 0.3) is 0 Å². The normalized spacial score (nSPS) is 24.3. The van der Waals surface area contributed by atoms with Gasteiger partial charge in [-0.1, -0.05) is 39.2 Å². The van der Waals surface area contributed by atoms with Gasteiger partial charge in [-0.15, -0.1) is 0 Å². The first-order valence-electron chi connectivity index (χ1n) is 6.97. The van der Waals surface area contributed by atoms with Gasteiger partial charge in [0.1, 0.15) is 0 Å². The lowest BCUT2D eigenvalue weighted by Crippen LogP contribution is -2.22. The summed E-state index contributed by atoms with van der Waals surface area (Å²) in [5.41, 5.74) is 1.30. The Kier molecular flexibility index (Phi) is 5.73. The molecule has 0 aromatic carbocycles. The standard InChI is InChI=1S/C15H26O2/c1-4-6-7-10-15(3)11-8-13(9-12-15)14(16)17-5-2/h8H,4-7,9-12H2,1-3H3. The highest BCUT2D eigenvalue weighted by Crippen LogP contribution is 2.39. The van der Waals surface area contributed by atoms with Crippen LogP contribution in [0.1, 0.15) is 65.7 Å². The van der Waals surface area contributed by atoms with Gasteiger partial charge in [0, 0.05) is 5.57 Å². The second-order valence-corrected chi connectivity index (χ2v) is 5.42. The maximum atomic E-state index is 11.6. The first kappa shape index (κ1) is 14.3. The van der Waals surface area contributed by atoms with Crippen LogP contribution in [0.4, 0.5) is 0 Å². The number of rotatable bonds is 6. The summed E-state index contributed by atoms with van der Waals surface area (Å²) in [6.45, 7) is 6.92. The summed E-state index contributed by atoms with van der Waals surface area (Å²) in [6.07, 6.45) is 10.4. The van der Waals surface area contributed by atoms with Gasteiger partial charge >= 0.3 is 5.97 Å². The lowest BCUT2D eigenvalue weighted by Gasteiger charge is -2.32. The molecule has 0 amide bonds. The van der Waals surface area contributed by atoms with Gasteiger partial charge < -0.3 is 4.74 Å². The van der Waals surface area contributed by atoms with Gasteiger partial charge in [-0.05, 0) is 38.0 Å². The zero-order chi connectivity index (χ0) is 12.7. The molecule has 0 saturated carbocycles. The Morgan fingerprint density at radius 2 is 2.18 bits per heavy atom. The van der Waals surface area contributed by atoms with Gasteiger partial charge in [0.15, 0.2) is 0 Å². The van der Waals surface area contributed by atoms with E-state index in [2.05, 4.69) is 19.9 Å². The van der Waals surface area contributed by atoms with Crippen molar-refractivity contribution in [2.45, 2.75) is 65.7 Å². The molecule has 1 rings (SSSR count). The van der Waals surface area contributed by atoms with Crippen molar-refractivity contribution >= 4 is 5.97 Å². The number of ether oxygens (including phenoxy) is 1. The minimum Gasteiger partial charge on any atom is -0.463 e. The first-order chi connectivity index (χ1) is 8.11. The average molecular weight is 238 g/mol. The van der Waals surface area contributed by atoms with Crippen LogP contribution >= 0.6 is 0 Å².